The molecule has 13 heavy (non-hydrogen) atoms. The molecule has 0 aromatic heterocycles. The second-order valence-electron chi connectivity index (χ2n) is 3.83. The first kappa shape index (κ1) is 10.0. The van der Waals surface area contributed by atoms with E-state index in [1.807, 2.05) is 6.08 Å². The molecule has 0 atom stereocenters. The maximum Gasteiger partial charge on any atom is 0.220 e. The summed E-state index contributed by atoms with van der Waals surface area (Å²) in [6.45, 7) is 4.81. The lowest BCUT2D eigenvalue weighted by Gasteiger charge is -2.07. The van der Waals surface area contributed by atoms with Gasteiger partial charge in [0.15, 0.2) is 0 Å². The van der Waals surface area contributed by atoms with Crippen molar-refractivity contribution in [1.82, 2.24) is 5.32 Å². The summed E-state index contributed by atoms with van der Waals surface area (Å²) in [7, 11) is 0. The lowest BCUT2D eigenvalue weighted by atomic mass is 10.1. The van der Waals surface area contributed by atoms with E-state index < -0.39 is 0 Å². The normalized spacial score (nSPS) is 14.8. The lowest BCUT2D eigenvalue weighted by molar-refractivity contribution is -0.121. The second kappa shape index (κ2) is 4.85. The minimum atomic E-state index is 0.155. The van der Waals surface area contributed by atoms with E-state index in [2.05, 4.69) is 31.3 Å². The molecule has 2 nitrogen and oxygen atoms in total. The van der Waals surface area contributed by atoms with Gasteiger partial charge in [0, 0.05) is 13.0 Å². The third-order valence-electron chi connectivity index (χ3n) is 1.95. The molecule has 0 spiro atoms. The number of allylic oxidation sites excluding steroid dienone is 3. The van der Waals surface area contributed by atoms with Gasteiger partial charge in [0.05, 0.1) is 0 Å². The molecule has 0 bridgehead atoms. The smallest absolute Gasteiger partial charge is 0.220 e. The molecule has 1 aliphatic carbocycles. The van der Waals surface area contributed by atoms with E-state index in [0.717, 1.165) is 6.42 Å². The molecule has 0 unspecified atom stereocenters. The van der Waals surface area contributed by atoms with Crippen molar-refractivity contribution in [1.29, 1.82) is 0 Å². The van der Waals surface area contributed by atoms with Crippen LogP contribution in [0.1, 0.15) is 26.7 Å². The molecular weight excluding hydrogens is 162 g/mol. The zero-order valence-electron chi connectivity index (χ0n) is 8.34. The first-order valence-corrected chi connectivity index (χ1v) is 4.79. The van der Waals surface area contributed by atoms with Crippen molar-refractivity contribution in [3.63, 3.8) is 0 Å². The number of carbonyl (C=O) groups excluding carboxylic acids is 1. The molecule has 0 aromatic carbocycles. The van der Waals surface area contributed by atoms with E-state index in [4.69, 9.17) is 0 Å². The third-order valence-corrected chi connectivity index (χ3v) is 1.95. The summed E-state index contributed by atoms with van der Waals surface area (Å²) in [5.74, 6) is 0.596. The summed E-state index contributed by atoms with van der Waals surface area (Å²) in [5, 5.41) is 2.91. The van der Waals surface area contributed by atoms with Gasteiger partial charge in [0.2, 0.25) is 5.91 Å². The molecular formula is C11H17NO. The molecule has 2 heteroatoms. The van der Waals surface area contributed by atoms with E-state index in [-0.39, 0.29) is 5.91 Å². The van der Waals surface area contributed by atoms with Gasteiger partial charge in [0.25, 0.3) is 0 Å². The molecule has 1 aliphatic rings. The SMILES string of the molecule is CC(C)CC(=O)NCC1=CC=CC1. The third kappa shape index (κ3) is 3.92. The Labute approximate surface area is 79.7 Å². The highest BCUT2D eigenvalue weighted by atomic mass is 16.1. The van der Waals surface area contributed by atoms with Gasteiger partial charge in [-0.2, -0.15) is 0 Å². The van der Waals surface area contributed by atoms with Crippen LogP contribution in [0.5, 0.6) is 0 Å². The van der Waals surface area contributed by atoms with Crippen LogP contribution in [0.4, 0.5) is 0 Å². The summed E-state index contributed by atoms with van der Waals surface area (Å²) in [5.41, 5.74) is 1.29. The van der Waals surface area contributed by atoms with Crippen LogP contribution in [0.25, 0.3) is 0 Å². The van der Waals surface area contributed by atoms with Gasteiger partial charge in [0.1, 0.15) is 0 Å². The summed E-state index contributed by atoms with van der Waals surface area (Å²) >= 11 is 0. The highest BCUT2D eigenvalue weighted by Gasteiger charge is 2.05. The Morgan fingerprint density at radius 3 is 2.92 bits per heavy atom. The van der Waals surface area contributed by atoms with Gasteiger partial charge in [-0.05, 0) is 17.9 Å². The Morgan fingerprint density at radius 2 is 2.38 bits per heavy atom. The van der Waals surface area contributed by atoms with Gasteiger partial charge in [-0.25, -0.2) is 0 Å². The quantitative estimate of drug-likeness (QED) is 0.703. The van der Waals surface area contributed by atoms with Crippen molar-refractivity contribution >= 4 is 5.91 Å². The van der Waals surface area contributed by atoms with Crippen LogP contribution in [0.3, 0.4) is 0 Å². The molecule has 0 aromatic rings. The zero-order chi connectivity index (χ0) is 9.68. The Balaban J connectivity index is 2.15. The number of hydrogen-bond acceptors (Lipinski definition) is 1. The fraction of sp³-hybridized carbons (Fsp3) is 0.545. The molecule has 0 saturated carbocycles. The summed E-state index contributed by atoms with van der Waals surface area (Å²) in [6.07, 6.45) is 7.81. The second-order valence-corrected chi connectivity index (χ2v) is 3.83. The highest BCUT2D eigenvalue weighted by molar-refractivity contribution is 5.76. The van der Waals surface area contributed by atoms with Crippen molar-refractivity contribution in [3.8, 4) is 0 Å². The van der Waals surface area contributed by atoms with Crippen LogP contribution >= 0.6 is 0 Å². The van der Waals surface area contributed by atoms with Crippen molar-refractivity contribution in [2.75, 3.05) is 6.54 Å². The minimum Gasteiger partial charge on any atom is -0.352 e. The lowest BCUT2D eigenvalue weighted by Crippen LogP contribution is -2.26. The highest BCUT2D eigenvalue weighted by Crippen LogP contribution is 2.08. The van der Waals surface area contributed by atoms with Crippen LogP contribution in [0.15, 0.2) is 23.8 Å². The minimum absolute atomic E-state index is 0.155. The van der Waals surface area contributed by atoms with Crippen LogP contribution < -0.4 is 5.32 Å². The van der Waals surface area contributed by atoms with Crippen LogP contribution in [0.2, 0.25) is 0 Å². The molecule has 72 valence electrons. The Morgan fingerprint density at radius 1 is 1.62 bits per heavy atom. The average molecular weight is 179 g/mol. The average Bonchev–Trinajstić information content (AvgIpc) is 2.51. The van der Waals surface area contributed by atoms with Gasteiger partial charge >= 0.3 is 0 Å². The van der Waals surface area contributed by atoms with Crippen molar-refractivity contribution < 1.29 is 4.79 Å². The predicted octanol–water partition coefficient (Wildman–Crippen LogP) is 2.04. The Kier molecular flexibility index (Phi) is 3.74. The van der Waals surface area contributed by atoms with Crippen LogP contribution in [-0.4, -0.2) is 12.5 Å². The summed E-state index contributed by atoms with van der Waals surface area (Å²) in [4.78, 5) is 11.3. The van der Waals surface area contributed by atoms with E-state index in [1.165, 1.54) is 5.57 Å². The van der Waals surface area contributed by atoms with Gasteiger partial charge < -0.3 is 5.32 Å². The first-order chi connectivity index (χ1) is 6.18. The number of nitrogens with one attached hydrogen (secondary N) is 1. The molecule has 0 fully saturated rings. The predicted molar refractivity (Wildman–Crippen MR) is 54.3 cm³/mol. The van der Waals surface area contributed by atoms with Crippen molar-refractivity contribution in [2.24, 2.45) is 5.92 Å². The fourth-order valence-electron chi connectivity index (χ4n) is 1.28. The molecule has 0 saturated heterocycles. The maximum absolute atomic E-state index is 11.3. The fourth-order valence-corrected chi connectivity index (χ4v) is 1.28. The van der Waals surface area contributed by atoms with E-state index >= 15 is 0 Å². The van der Waals surface area contributed by atoms with Crippen molar-refractivity contribution in [3.05, 3.63) is 23.8 Å². The van der Waals surface area contributed by atoms with Gasteiger partial charge in [-0.15, -0.1) is 0 Å². The van der Waals surface area contributed by atoms with E-state index in [0.29, 0.717) is 18.9 Å². The standard InChI is InChI=1S/C11H17NO/c1-9(2)7-11(13)12-8-10-5-3-4-6-10/h3-5,9H,6-8H2,1-2H3,(H,12,13). The molecule has 0 radical (unpaired) electrons. The van der Waals surface area contributed by atoms with Crippen LogP contribution in [0, 0.1) is 5.92 Å². The summed E-state index contributed by atoms with van der Waals surface area (Å²) in [6, 6.07) is 0. The number of amides is 1. The Hall–Kier alpha value is -1.05. The molecule has 0 aliphatic heterocycles. The monoisotopic (exact) mass is 179 g/mol. The zero-order valence-corrected chi connectivity index (χ0v) is 8.34. The maximum atomic E-state index is 11.3. The van der Waals surface area contributed by atoms with E-state index in [9.17, 15) is 4.79 Å². The van der Waals surface area contributed by atoms with Crippen molar-refractivity contribution in [2.45, 2.75) is 26.7 Å². The van der Waals surface area contributed by atoms with Gasteiger partial charge in [-0.3, -0.25) is 4.79 Å². The molecule has 1 N–H and O–H groups in total. The topological polar surface area (TPSA) is 29.1 Å². The largest absolute Gasteiger partial charge is 0.352 e. The van der Waals surface area contributed by atoms with E-state index in [1.54, 1.807) is 0 Å². The summed E-state index contributed by atoms with van der Waals surface area (Å²) < 4.78 is 0. The molecule has 1 rings (SSSR count). The Bertz CT molecular complexity index is 238. The first-order valence-electron chi connectivity index (χ1n) is 4.79. The molecule has 1 amide bonds. The molecule has 0 heterocycles. The van der Waals surface area contributed by atoms with Crippen LogP contribution in [-0.2, 0) is 4.79 Å². The number of rotatable bonds is 4. The number of hydrogen-bond donors (Lipinski definition) is 1. The number of carbonyl (C=O) groups is 1. The van der Waals surface area contributed by atoms with Gasteiger partial charge in [-0.1, -0.05) is 32.1 Å².